The summed E-state index contributed by atoms with van der Waals surface area (Å²) < 4.78 is 5.98. The van der Waals surface area contributed by atoms with Crippen molar-refractivity contribution in [3.63, 3.8) is 0 Å². The highest BCUT2D eigenvalue weighted by Gasteiger charge is 2.60. The number of hydrogen-bond acceptors (Lipinski definition) is 2. The third kappa shape index (κ3) is 2.34. The molecule has 4 fully saturated rings. The van der Waals surface area contributed by atoms with Gasteiger partial charge in [0, 0.05) is 6.61 Å². The van der Waals surface area contributed by atoms with Gasteiger partial charge in [-0.25, -0.2) is 0 Å². The SMILES string of the molecule is CCO[C@@H]1CC[C@@]2(C)[C@@H](CC[C@@H]3[C@@H]2CC[C@]2(C)[C@@H](O)CC[C@@H]32)C1. The molecule has 4 aliphatic carbocycles. The highest BCUT2D eigenvalue weighted by Crippen LogP contribution is 2.66. The van der Waals surface area contributed by atoms with Crippen LogP contribution in [0.15, 0.2) is 0 Å². The molecule has 4 aliphatic rings. The van der Waals surface area contributed by atoms with Crippen LogP contribution in [0, 0.1) is 34.5 Å². The van der Waals surface area contributed by atoms with Crippen LogP contribution in [0.3, 0.4) is 0 Å². The van der Waals surface area contributed by atoms with E-state index in [2.05, 4.69) is 20.8 Å². The smallest absolute Gasteiger partial charge is 0.0596 e. The van der Waals surface area contributed by atoms with Gasteiger partial charge in [0.05, 0.1) is 12.2 Å². The van der Waals surface area contributed by atoms with Gasteiger partial charge in [-0.05, 0) is 99.2 Å². The molecule has 0 aromatic heterocycles. The van der Waals surface area contributed by atoms with E-state index in [4.69, 9.17) is 4.74 Å². The van der Waals surface area contributed by atoms with Gasteiger partial charge in [-0.2, -0.15) is 0 Å². The van der Waals surface area contributed by atoms with Crippen LogP contribution >= 0.6 is 0 Å². The number of ether oxygens (including phenoxy) is 1. The molecule has 4 saturated carbocycles. The Balaban J connectivity index is 1.55. The Kier molecular flexibility index (Phi) is 4.08. The first-order chi connectivity index (χ1) is 11.0. The molecule has 0 aliphatic heterocycles. The van der Waals surface area contributed by atoms with E-state index in [9.17, 15) is 5.11 Å². The fourth-order valence-electron chi connectivity index (χ4n) is 7.58. The molecule has 8 atom stereocenters. The Hall–Kier alpha value is -0.0800. The van der Waals surface area contributed by atoms with Crippen molar-refractivity contribution in [2.45, 2.75) is 90.8 Å². The summed E-state index contributed by atoms with van der Waals surface area (Å²) in [5, 5.41) is 10.5. The second kappa shape index (κ2) is 5.73. The van der Waals surface area contributed by atoms with Crippen molar-refractivity contribution in [3.05, 3.63) is 0 Å². The van der Waals surface area contributed by atoms with Crippen LogP contribution in [0.25, 0.3) is 0 Å². The minimum atomic E-state index is -0.0346. The van der Waals surface area contributed by atoms with Crippen LogP contribution in [-0.2, 0) is 4.74 Å². The molecule has 132 valence electrons. The standard InChI is InChI=1S/C21H36O2/c1-4-23-15-9-11-20(2)14(13-15)5-6-16-17-7-8-19(22)21(17,3)12-10-18(16)20/h14-19,22H,4-13H2,1-3H3/t14-,15+,16-,17-,18-,19-,20-,21-/m0/s1. The van der Waals surface area contributed by atoms with Gasteiger partial charge in [0.2, 0.25) is 0 Å². The maximum absolute atomic E-state index is 10.5. The van der Waals surface area contributed by atoms with Crippen molar-refractivity contribution >= 4 is 0 Å². The Morgan fingerprint density at radius 1 is 0.913 bits per heavy atom. The summed E-state index contributed by atoms with van der Waals surface area (Å²) >= 11 is 0. The predicted octanol–water partition coefficient (Wildman–Crippen LogP) is 4.80. The Morgan fingerprint density at radius 2 is 1.65 bits per heavy atom. The molecule has 4 rings (SSSR count). The number of aliphatic hydroxyl groups excluding tert-OH is 1. The second-order valence-electron chi connectivity index (χ2n) is 9.65. The number of rotatable bonds is 2. The first-order valence-corrected chi connectivity index (χ1v) is 10.3. The molecule has 23 heavy (non-hydrogen) atoms. The minimum absolute atomic E-state index is 0.0346. The lowest BCUT2D eigenvalue weighted by atomic mass is 9.45. The van der Waals surface area contributed by atoms with Gasteiger partial charge in [0.1, 0.15) is 0 Å². The van der Waals surface area contributed by atoms with Crippen LogP contribution in [-0.4, -0.2) is 23.9 Å². The molecule has 0 spiro atoms. The summed E-state index contributed by atoms with van der Waals surface area (Å²) in [5.74, 6) is 3.46. The van der Waals surface area contributed by atoms with Gasteiger partial charge < -0.3 is 9.84 Å². The predicted molar refractivity (Wildman–Crippen MR) is 93.1 cm³/mol. The van der Waals surface area contributed by atoms with Crippen molar-refractivity contribution in [3.8, 4) is 0 Å². The fourth-order valence-corrected chi connectivity index (χ4v) is 7.58. The average molecular weight is 321 g/mol. The largest absolute Gasteiger partial charge is 0.393 e. The zero-order valence-corrected chi connectivity index (χ0v) is 15.4. The van der Waals surface area contributed by atoms with Gasteiger partial charge in [-0.1, -0.05) is 13.8 Å². The summed E-state index contributed by atoms with van der Waals surface area (Å²) in [6.45, 7) is 8.02. The Morgan fingerprint density at radius 3 is 2.43 bits per heavy atom. The zero-order valence-electron chi connectivity index (χ0n) is 15.4. The van der Waals surface area contributed by atoms with Crippen molar-refractivity contribution in [2.24, 2.45) is 34.5 Å². The van der Waals surface area contributed by atoms with Crippen LogP contribution in [0.5, 0.6) is 0 Å². The topological polar surface area (TPSA) is 29.5 Å². The van der Waals surface area contributed by atoms with Crippen molar-refractivity contribution in [1.82, 2.24) is 0 Å². The van der Waals surface area contributed by atoms with Crippen molar-refractivity contribution in [1.29, 1.82) is 0 Å². The molecule has 0 bridgehead atoms. The van der Waals surface area contributed by atoms with Crippen LogP contribution in [0.1, 0.15) is 78.6 Å². The summed E-state index contributed by atoms with van der Waals surface area (Å²) in [7, 11) is 0. The Bertz CT molecular complexity index is 449. The first-order valence-electron chi connectivity index (χ1n) is 10.3. The lowest BCUT2D eigenvalue weighted by Gasteiger charge is -2.60. The Labute approximate surface area is 142 Å². The molecule has 0 amide bonds. The molecule has 2 heteroatoms. The van der Waals surface area contributed by atoms with E-state index < -0.39 is 0 Å². The molecule has 0 aromatic carbocycles. The molecule has 0 saturated heterocycles. The molecule has 2 nitrogen and oxygen atoms in total. The van der Waals surface area contributed by atoms with Gasteiger partial charge in [-0.15, -0.1) is 0 Å². The maximum atomic E-state index is 10.5. The summed E-state index contributed by atoms with van der Waals surface area (Å²) in [6.07, 6.45) is 12.2. The molecule has 1 N–H and O–H groups in total. The third-order valence-electron chi connectivity index (χ3n) is 8.97. The van der Waals surface area contributed by atoms with Gasteiger partial charge >= 0.3 is 0 Å². The van der Waals surface area contributed by atoms with Crippen LogP contribution < -0.4 is 0 Å². The molecule has 0 radical (unpaired) electrons. The lowest BCUT2D eigenvalue weighted by molar-refractivity contribution is -0.139. The first kappa shape index (κ1) is 16.4. The highest BCUT2D eigenvalue weighted by atomic mass is 16.5. The van der Waals surface area contributed by atoms with E-state index in [1.54, 1.807) is 0 Å². The zero-order chi connectivity index (χ0) is 16.2. The molecule has 0 unspecified atom stereocenters. The van der Waals surface area contributed by atoms with Crippen LogP contribution in [0.2, 0.25) is 0 Å². The molecular weight excluding hydrogens is 284 g/mol. The summed E-state index contributed by atoms with van der Waals surface area (Å²) in [5.41, 5.74) is 0.776. The number of hydrogen-bond donors (Lipinski definition) is 1. The molecular formula is C21H36O2. The van der Waals surface area contributed by atoms with E-state index >= 15 is 0 Å². The molecule has 0 aromatic rings. The summed E-state index contributed by atoms with van der Waals surface area (Å²) in [4.78, 5) is 0. The van der Waals surface area contributed by atoms with E-state index in [0.29, 0.717) is 11.5 Å². The average Bonchev–Trinajstić information content (AvgIpc) is 2.84. The molecule has 0 heterocycles. The van der Waals surface area contributed by atoms with E-state index in [0.717, 1.165) is 36.7 Å². The van der Waals surface area contributed by atoms with Crippen molar-refractivity contribution in [2.75, 3.05) is 6.61 Å². The van der Waals surface area contributed by atoms with Crippen LogP contribution in [0.4, 0.5) is 0 Å². The van der Waals surface area contributed by atoms with Gasteiger partial charge in [-0.3, -0.25) is 0 Å². The highest BCUT2D eigenvalue weighted by molar-refractivity contribution is 5.09. The maximum Gasteiger partial charge on any atom is 0.0596 e. The van der Waals surface area contributed by atoms with Gasteiger partial charge in [0.15, 0.2) is 0 Å². The monoisotopic (exact) mass is 320 g/mol. The van der Waals surface area contributed by atoms with E-state index in [-0.39, 0.29) is 11.5 Å². The minimum Gasteiger partial charge on any atom is -0.393 e. The van der Waals surface area contributed by atoms with Crippen molar-refractivity contribution < 1.29 is 9.84 Å². The number of aliphatic hydroxyl groups is 1. The van der Waals surface area contributed by atoms with E-state index in [1.165, 1.54) is 51.4 Å². The quantitative estimate of drug-likeness (QED) is 0.792. The fraction of sp³-hybridized carbons (Fsp3) is 1.00. The third-order valence-corrected chi connectivity index (χ3v) is 8.97. The normalized spacial score (nSPS) is 55.8. The van der Waals surface area contributed by atoms with Gasteiger partial charge in [0.25, 0.3) is 0 Å². The van der Waals surface area contributed by atoms with E-state index in [1.807, 2.05) is 0 Å². The summed E-state index contributed by atoms with van der Waals surface area (Å²) in [6, 6.07) is 0. The number of fused-ring (bicyclic) bond motifs is 5. The second-order valence-corrected chi connectivity index (χ2v) is 9.65. The lowest BCUT2D eigenvalue weighted by Crippen LogP contribution is -2.54.